The molecule has 0 atom stereocenters. The normalized spacial score (nSPS) is 19.4. The van der Waals surface area contributed by atoms with E-state index in [1.165, 1.54) is 11.4 Å². The molecule has 9 heteroatoms. The highest BCUT2D eigenvalue weighted by Gasteiger charge is 2.46. The van der Waals surface area contributed by atoms with Gasteiger partial charge in [0.05, 0.1) is 24.1 Å². The van der Waals surface area contributed by atoms with Crippen molar-refractivity contribution in [2.24, 2.45) is 0 Å². The van der Waals surface area contributed by atoms with Gasteiger partial charge in [-0.3, -0.25) is 9.69 Å². The molecule has 0 bridgehead atoms. The molecule has 1 N–H and O–H groups in total. The van der Waals surface area contributed by atoms with Crippen LogP contribution in [0.25, 0.3) is 0 Å². The molecule has 27 heavy (non-hydrogen) atoms. The van der Waals surface area contributed by atoms with Crippen molar-refractivity contribution in [1.29, 1.82) is 0 Å². The number of tetrazole rings is 1. The number of carbonyl (C=O) groups is 1. The minimum atomic E-state index is -0.0210. The van der Waals surface area contributed by atoms with Crippen LogP contribution in [-0.4, -0.2) is 72.1 Å². The van der Waals surface area contributed by atoms with Crippen molar-refractivity contribution in [3.63, 3.8) is 0 Å². The van der Waals surface area contributed by atoms with Crippen molar-refractivity contribution in [2.75, 3.05) is 26.2 Å². The molecule has 1 amide bonds. The summed E-state index contributed by atoms with van der Waals surface area (Å²) in [6.45, 7) is 8.31. The zero-order chi connectivity index (χ0) is 18.9. The Morgan fingerprint density at radius 3 is 2.78 bits per heavy atom. The molecule has 4 heterocycles. The fraction of sp³-hybridized carbons (Fsp3) is 0.722. The van der Waals surface area contributed by atoms with Gasteiger partial charge >= 0.3 is 0 Å². The maximum absolute atomic E-state index is 12.7. The summed E-state index contributed by atoms with van der Waals surface area (Å²) in [5.41, 5.74) is 2.46. The van der Waals surface area contributed by atoms with Gasteiger partial charge in [-0.15, -0.1) is 5.10 Å². The number of H-pyrrole nitrogens is 1. The van der Waals surface area contributed by atoms with E-state index < -0.39 is 0 Å². The Kier molecular flexibility index (Phi) is 4.94. The van der Waals surface area contributed by atoms with Crippen LogP contribution in [0.4, 0.5) is 0 Å². The molecule has 1 spiro atoms. The second-order valence-corrected chi connectivity index (χ2v) is 7.58. The highest BCUT2D eigenvalue weighted by Crippen LogP contribution is 2.42. The minimum absolute atomic E-state index is 0.0210. The first kappa shape index (κ1) is 18.1. The highest BCUT2D eigenvalue weighted by molar-refractivity contribution is 5.76. The first-order chi connectivity index (χ1) is 13.1. The Labute approximate surface area is 159 Å². The van der Waals surface area contributed by atoms with Crippen molar-refractivity contribution in [1.82, 2.24) is 40.0 Å². The summed E-state index contributed by atoms with van der Waals surface area (Å²) in [5.74, 6) is 0.920. The van der Waals surface area contributed by atoms with E-state index in [2.05, 4.69) is 37.3 Å². The van der Waals surface area contributed by atoms with Crippen LogP contribution in [0.2, 0.25) is 0 Å². The molecule has 0 aliphatic carbocycles. The number of hydrogen-bond acceptors (Lipinski definition) is 6. The zero-order valence-corrected chi connectivity index (χ0v) is 16.2. The number of fused-ring (bicyclic) bond motifs is 2. The number of aromatic nitrogens is 6. The fourth-order valence-electron chi connectivity index (χ4n) is 4.61. The topological polar surface area (TPSA) is 95.8 Å². The van der Waals surface area contributed by atoms with Gasteiger partial charge in [0.1, 0.15) is 5.82 Å². The fourth-order valence-corrected chi connectivity index (χ4v) is 4.61. The Morgan fingerprint density at radius 2 is 2.07 bits per heavy atom. The summed E-state index contributed by atoms with van der Waals surface area (Å²) in [6, 6.07) is 0. The van der Waals surface area contributed by atoms with Gasteiger partial charge in [-0.1, -0.05) is 6.92 Å². The minimum Gasteiger partial charge on any atom is -0.348 e. The summed E-state index contributed by atoms with van der Waals surface area (Å²) in [5, 5.41) is 11.4. The summed E-state index contributed by atoms with van der Waals surface area (Å²) < 4.78 is 1.68. The van der Waals surface area contributed by atoms with Gasteiger partial charge < -0.3 is 9.88 Å². The van der Waals surface area contributed by atoms with Crippen molar-refractivity contribution in [2.45, 2.75) is 58.0 Å². The van der Waals surface area contributed by atoms with Gasteiger partial charge in [0.15, 0.2) is 0 Å². The lowest BCUT2D eigenvalue weighted by atomic mass is 9.78. The number of piperidine rings is 1. The number of nitrogens with zero attached hydrogens (tertiary/aromatic N) is 7. The molecule has 1 saturated heterocycles. The Hall–Kier alpha value is -2.29. The predicted molar refractivity (Wildman–Crippen MR) is 98.8 cm³/mol. The van der Waals surface area contributed by atoms with E-state index in [1.54, 1.807) is 4.68 Å². The van der Waals surface area contributed by atoms with E-state index in [1.807, 2.05) is 18.2 Å². The quantitative estimate of drug-likeness (QED) is 0.837. The SMILES string of the molecule is CCCN1CCc2[nH]cnc2C12CCN(C(=O)CCn1nnnc1C)CC2. The van der Waals surface area contributed by atoms with Crippen LogP contribution in [0.1, 0.15) is 49.8 Å². The van der Waals surface area contributed by atoms with Crippen LogP contribution in [-0.2, 0) is 23.3 Å². The molecule has 0 radical (unpaired) electrons. The standard InChI is InChI=1S/C18H28N8O/c1-3-8-25-9-4-15-17(20-13-19-15)18(25)6-11-24(12-7-18)16(27)5-10-26-14(2)21-22-23-26/h13H,3-12H2,1-2H3,(H,19,20). The van der Waals surface area contributed by atoms with E-state index in [-0.39, 0.29) is 11.4 Å². The molecule has 9 nitrogen and oxygen atoms in total. The van der Waals surface area contributed by atoms with E-state index in [0.717, 1.165) is 57.7 Å². The molecule has 0 aromatic carbocycles. The highest BCUT2D eigenvalue weighted by atomic mass is 16.2. The molecule has 1 fully saturated rings. The molecular formula is C18H28N8O. The van der Waals surface area contributed by atoms with Crippen molar-refractivity contribution in [3.05, 3.63) is 23.5 Å². The zero-order valence-electron chi connectivity index (χ0n) is 16.2. The number of nitrogens with one attached hydrogen (secondary N) is 1. The summed E-state index contributed by atoms with van der Waals surface area (Å²) in [4.78, 5) is 25.3. The van der Waals surface area contributed by atoms with Crippen molar-refractivity contribution in [3.8, 4) is 0 Å². The Morgan fingerprint density at radius 1 is 1.26 bits per heavy atom. The van der Waals surface area contributed by atoms with Crippen molar-refractivity contribution < 1.29 is 4.79 Å². The smallest absolute Gasteiger partial charge is 0.224 e. The first-order valence-electron chi connectivity index (χ1n) is 9.92. The van der Waals surface area contributed by atoms with Gasteiger partial charge in [0.2, 0.25) is 5.91 Å². The summed E-state index contributed by atoms with van der Waals surface area (Å²) in [6.07, 6.45) is 6.32. The monoisotopic (exact) mass is 372 g/mol. The molecule has 2 aliphatic rings. The van der Waals surface area contributed by atoms with Crippen LogP contribution in [0.15, 0.2) is 6.33 Å². The molecule has 2 aliphatic heterocycles. The average Bonchev–Trinajstić information content (AvgIpc) is 3.32. The number of likely N-dealkylation sites (tertiary alicyclic amines) is 1. The van der Waals surface area contributed by atoms with Gasteiger partial charge in [0.25, 0.3) is 0 Å². The van der Waals surface area contributed by atoms with Crippen LogP contribution in [0.5, 0.6) is 0 Å². The van der Waals surface area contributed by atoms with Crippen LogP contribution < -0.4 is 0 Å². The maximum atomic E-state index is 12.7. The maximum Gasteiger partial charge on any atom is 0.224 e. The molecule has 146 valence electrons. The number of aromatic amines is 1. The van der Waals surface area contributed by atoms with Crippen molar-refractivity contribution >= 4 is 5.91 Å². The largest absolute Gasteiger partial charge is 0.348 e. The number of hydrogen-bond donors (Lipinski definition) is 1. The number of amides is 1. The third-order valence-electron chi connectivity index (χ3n) is 6.08. The lowest BCUT2D eigenvalue weighted by Crippen LogP contribution is -2.57. The second kappa shape index (κ2) is 7.38. The van der Waals surface area contributed by atoms with E-state index in [4.69, 9.17) is 0 Å². The van der Waals surface area contributed by atoms with Crippen LogP contribution >= 0.6 is 0 Å². The molecular weight excluding hydrogens is 344 g/mol. The number of carbonyl (C=O) groups excluding carboxylic acids is 1. The van der Waals surface area contributed by atoms with E-state index in [0.29, 0.717) is 13.0 Å². The van der Waals surface area contributed by atoms with Gasteiger partial charge in [0, 0.05) is 38.2 Å². The average molecular weight is 372 g/mol. The third kappa shape index (κ3) is 3.24. The summed E-state index contributed by atoms with van der Waals surface area (Å²) in [7, 11) is 0. The lowest BCUT2D eigenvalue weighted by molar-refractivity contribution is -0.134. The molecule has 0 saturated carbocycles. The third-order valence-corrected chi connectivity index (χ3v) is 6.08. The number of imidazole rings is 1. The summed E-state index contributed by atoms with van der Waals surface area (Å²) >= 11 is 0. The molecule has 2 aromatic rings. The number of rotatable bonds is 5. The van der Waals surface area contributed by atoms with Crippen LogP contribution in [0.3, 0.4) is 0 Å². The molecule has 2 aromatic heterocycles. The Balaban J connectivity index is 1.42. The van der Waals surface area contributed by atoms with Gasteiger partial charge in [-0.05, 0) is 43.2 Å². The number of aryl methyl sites for hydroxylation is 2. The van der Waals surface area contributed by atoms with E-state index >= 15 is 0 Å². The lowest BCUT2D eigenvalue weighted by Gasteiger charge is -2.50. The van der Waals surface area contributed by atoms with Crippen LogP contribution in [0, 0.1) is 6.92 Å². The Bertz CT molecular complexity index is 789. The second-order valence-electron chi connectivity index (χ2n) is 7.58. The van der Waals surface area contributed by atoms with Gasteiger partial charge in [-0.2, -0.15) is 0 Å². The first-order valence-corrected chi connectivity index (χ1v) is 9.92. The predicted octanol–water partition coefficient (Wildman–Crippen LogP) is 0.881. The van der Waals surface area contributed by atoms with E-state index in [9.17, 15) is 4.79 Å². The molecule has 0 unspecified atom stereocenters. The molecule has 4 rings (SSSR count). The van der Waals surface area contributed by atoms with Gasteiger partial charge in [-0.25, -0.2) is 9.67 Å².